The molecule has 0 bridgehead atoms. The van der Waals surface area contributed by atoms with Gasteiger partial charge in [-0.25, -0.2) is 0 Å². The molecule has 120 valence electrons. The van der Waals surface area contributed by atoms with Gasteiger partial charge in [-0.2, -0.15) is 0 Å². The first-order chi connectivity index (χ1) is 10.1. The summed E-state index contributed by atoms with van der Waals surface area (Å²) in [6.45, 7) is 4.30. The number of unbranched alkanes of at least 4 members (excludes halogenated alkanes) is 6. The summed E-state index contributed by atoms with van der Waals surface area (Å²) < 4.78 is 0. The Morgan fingerprint density at radius 2 is 1.24 bits per heavy atom. The predicted molar refractivity (Wildman–Crippen MR) is 88.8 cm³/mol. The highest BCUT2D eigenvalue weighted by Crippen LogP contribution is 2.34. The molecule has 0 saturated carbocycles. The van der Waals surface area contributed by atoms with Crippen molar-refractivity contribution in [1.82, 2.24) is 10.6 Å². The van der Waals surface area contributed by atoms with Crippen LogP contribution in [0.2, 0.25) is 0 Å². The van der Waals surface area contributed by atoms with Crippen LogP contribution in [0.5, 0.6) is 0 Å². The van der Waals surface area contributed by atoms with Gasteiger partial charge < -0.3 is 10.6 Å². The SMILES string of the molecule is CCCCCCC1(CCCCCC)C(=O)NC(=S)NC1=O. The molecule has 0 aliphatic carbocycles. The van der Waals surface area contributed by atoms with Crippen molar-refractivity contribution in [2.45, 2.75) is 78.1 Å². The third-order valence-corrected chi connectivity index (χ3v) is 4.44. The summed E-state index contributed by atoms with van der Waals surface area (Å²) in [5, 5.41) is 5.43. The molecule has 4 nitrogen and oxygen atoms in total. The molecule has 1 rings (SSSR count). The topological polar surface area (TPSA) is 58.2 Å². The number of carbonyl (C=O) groups excluding carboxylic acids is 2. The lowest BCUT2D eigenvalue weighted by atomic mass is 9.75. The second-order valence-corrected chi connectivity index (χ2v) is 6.35. The van der Waals surface area contributed by atoms with Crippen molar-refractivity contribution in [3.8, 4) is 0 Å². The molecular weight excluding hydrogens is 284 g/mol. The lowest BCUT2D eigenvalue weighted by molar-refractivity contribution is -0.144. The summed E-state index contributed by atoms with van der Waals surface area (Å²) in [4.78, 5) is 24.8. The minimum absolute atomic E-state index is 0.141. The highest BCUT2D eigenvalue weighted by molar-refractivity contribution is 7.80. The van der Waals surface area contributed by atoms with Gasteiger partial charge in [0.15, 0.2) is 5.11 Å². The monoisotopic (exact) mass is 312 g/mol. The molecule has 0 atom stereocenters. The summed E-state index contributed by atoms with van der Waals surface area (Å²) in [5.41, 5.74) is -0.913. The molecule has 21 heavy (non-hydrogen) atoms. The molecule has 0 unspecified atom stereocenters. The molecule has 1 aliphatic heterocycles. The lowest BCUT2D eigenvalue weighted by Crippen LogP contribution is -2.62. The minimum Gasteiger partial charge on any atom is -0.302 e. The van der Waals surface area contributed by atoms with Gasteiger partial charge in [-0.1, -0.05) is 65.2 Å². The number of rotatable bonds is 10. The number of amides is 2. The van der Waals surface area contributed by atoms with Crippen LogP contribution in [0.3, 0.4) is 0 Å². The van der Waals surface area contributed by atoms with E-state index >= 15 is 0 Å². The first kappa shape index (κ1) is 18.1. The maximum atomic E-state index is 12.4. The summed E-state index contributed by atoms with van der Waals surface area (Å²) in [6, 6.07) is 0. The third-order valence-electron chi connectivity index (χ3n) is 4.24. The number of hydrogen-bond acceptors (Lipinski definition) is 3. The Hall–Kier alpha value is -0.970. The van der Waals surface area contributed by atoms with E-state index in [0.29, 0.717) is 12.8 Å². The first-order valence-corrected chi connectivity index (χ1v) is 8.64. The summed E-state index contributed by atoms with van der Waals surface area (Å²) >= 11 is 4.91. The Morgan fingerprint density at radius 1 is 0.810 bits per heavy atom. The van der Waals surface area contributed by atoms with Gasteiger partial charge in [0.05, 0.1) is 0 Å². The van der Waals surface area contributed by atoms with E-state index in [2.05, 4.69) is 24.5 Å². The van der Waals surface area contributed by atoms with Crippen molar-refractivity contribution < 1.29 is 9.59 Å². The second kappa shape index (κ2) is 9.13. The summed E-state index contributed by atoms with van der Waals surface area (Å²) in [7, 11) is 0. The standard InChI is InChI=1S/C16H28N2O2S/c1-3-5-7-9-11-16(12-10-8-6-4-2)13(19)17-15(21)18-14(16)20/h3-12H2,1-2H3,(H2,17,18,19,20,21). The second-order valence-electron chi connectivity index (χ2n) is 5.94. The van der Waals surface area contributed by atoms with Gasteiger partial charge in [-0.15, -0.1) is 0 Å². The quantitative estimate of drug-likeness (QED) is 0.369. The summed E-state index contributed by atoms with van der Waals surface area (Å²) in [6.07, 6.45) is 9.79. The maximum absolute atomic E-state index is 12.4. The Labute approximate surface area is 133 Å². The van der Waals surface area contributed by atoms with Crippen molar-refractivity contribution in [3.63, 3.8) is 0 Å². The van der Waals surface area contributed by atoms with Crippen LogP contribution in [0.25, 0.3) is 0 Å². The van der Waals surface area contributed by atoms with Gasteiger partial charge in [-0.05, 0) is 25.1 Å². The van der Waals surface area contributed by atoms with E-state index in [9.17, 15) is 9.59 Å². The van der Waals surface area contributed by atoms with Crippen LogP contribution in [0, 0.1) is 5.41 Å². The number of thiocarbonyl (C=S) groups is 1. The molecule has 2 amide bonds. The molecular formula is C16H28N2O2S. The van der Waals surface area contributed by atoms with Gasteiger partial charge in [0.25, 0.3) is 0 Å². The highest BCUT2D eigenvalue weighted by atomic mass is 32.1. The minimum atomic E-state index is -0.913. The van der Waals surface area contributed by atoms with Gasteiger partial charge in [0.2, 0.25) is 11.8 Å². The fraction of sp³-hybridized carbons (Fsp3) is 0.812. The molecule has 0 aromatic rings. The van der Waals surface area contributed by atoms with Gasteiger partial charge >= 0.3 is 0 Å². The fourth-order valence-corrected chi connectivity index (χ4v) is 3.05. The molecule has 0 spiro atoms. The predicted octanol–water partition coefficient (Wildman–Crippen LogP) is 3.44. The molecule has 5 heteroatoms. The first-order valence-electron chi connectivity index (χ1n) is 8.23. The normalized spacial score (nSPS) is 17.5. The van der Waals surface area contributed by atoms with Gasteiger partial charge in [0.1, 0.15) is 5.41 Å². The average Bonchev–Trinajstić information content (AvgIpc) is 2.44. The molecule has 0 radical (unpaired) electrons. The van der Waals surface area contributed by atoms with Crippen LogP contribution < -0.4 is 10.6 Å². The zero-order valence-electron chi connectivity index (χ0n) is 13.3. The van der Waals surface area contributed by atoms with E-state index in [0.717, 1.165) is 51.4 Å². The Morgan fingerprint density at radius 3 is 1.62 bits per heavy atom. The maximum Gasteiger partial charge on any atom is 0.241 e. The van der Waals surface area contributed by atoms with Crippen molar-refractivity contribution in [2.75, 3.05) is 0 Å². The molecule has 1 fully saturated rings. The van der Waals surface area contributed by atoms with Crippen molar-refractivity contribution in [2.24, 2.45) is 5.41 Å². The van der Waals surface area contributed by atoms with Crippen LogP contribution in [-0.4, -0.2) is 16.9 Å². The Bertz CT molecular complexity index is 348. The van der Waals surface area contributed by atoms with Crippen LogP contribution >= 0.6 is 12.2 Å². The number of carbonyl (C=O) groups is 2. The van der Waals surface area contributed by atoms with Gasteiger partial charge in [-0.3, -0.25) is 9.59 Å². The summed E-state index contributed by atoms with van der Waals surface area (Å²) in [5.74, 6) is -0.409. The zero-order valence-corrected chi connectivity index (χ0v) is 14.1. The molecule has 1 aliphatic rings. The Balaban J connectivity index is 2.69. The van der Waals surface area contributed by atoms with Crippen LogP contribution in [-0.2, 0) is 9.59 Å². The van der Waals surface area contributed by atoms with E-state index in [1.807, 2.05) is 0 Å². The van der Waals surface area contributed by atoms with Crippen molar-refractivity contribution >= 4 is 29.1 Å². The van der Waals surface area contributed by atoms with E-state index < -0.39 is 5.41 Å². The van der Waals surface area contributed by atoms with Crippen LogP contribution in [0.15, 0.2) is 0 Å². The van der Waals surface area contributed by atoms with E-state index in [-0.39, 0.29) is 16.9 Å². The van der Waals surface area contributed by atoms with Crippen LogP contribution in [0.1, 0.15) is 78.1 Å². The fourth-order valence-electron chi connectivity index (χ4n) is 2.87. The van der Waals surface area contributed by atoms with Crippen molar-refractivity contribution in [1.29, 1.82) is 0 Å². The molecule has 1 heterocycles. The van der Waals surface area contributed by atoms with Crippen molar-refractivity contribution in [3.05, 3.63) is 0 Å². The largest absolute Gasteiger partial charge is 0.302 e. The molecule has 1 saturated heterocycles. The number of nitrogens with one attached hydrogen (secondary N) is 2. The number of hydrogen-bond donors (Lipinski definition) is 2. The third kappa shape index (κ3) is 5.06. The lowest BCUT2D eigenvalue weighted by Gasteiger charge is -2.35. The average molecular weight is 312 g/mol. The molecule has 0 aromatic heterocycles. The van der Waals surface area contributed by atoms with Crippen LogP contribution in [0.4, 0.5) is 0 Å². The van der Waals surface area contributed by atoms with Gasteiger partial charge in [0, 0.05) is 0 Å². The Kier molecular flexibility index (Phi) is 7.86. The molecule has 2 N–H and O–H groups in total. The zero-order chi connectivity index (χ0) is 15.7. The molecule has 0 aromatic carbocycles. The van der Waals surface area contributed by atoms with E-state index in [1.165, 1.54) is 0 Å². The van der Waals surface area contributed by atoms with E-state index in [4.69, 9.17) is 12.2 Å². The highest BCUT2D eigenvalue weighted by Gasteiger charge is 2.48. The van der Waals surface area contributed by atoms with E-state index in [1.54, 1.807) is 0 Å². The smallest absolute Gasteiger partial charge is 0.241 e.